The maximum absolute atomic E-state index is 12.6. The number of amides is 1. The Labute approximate surface area is 169 Å². The van der Waals surface area contributed by atoms with Gasteiger partial charge in [-0.1, -0.05) is 6.07 Å². The van der Waals surface area contributed by atoms with Gasteiger partial charge in [-0.25, -0.2) is 4.98 Å². The zero-order chi connectivity index (χ0) is 20.2. The van der Waals surface area contributed by atoms with Crippen molar-refractivity contribution in [2.24, 2.45) is 0 Å². The number of carbonyl (C=O) groups is 1. The second-order valence-corrected chi connectivity index (χ2v) is 7.04. The minimum Gasteiger partial charge on any atom is -0.419 e. The molecule has 0 N–H and O–H groups in total. The first-order chi connectivity index (χ1) is 14.1. The van der Waals surface area contributed by atoms with E-state index in [1.165, 1.54) is 0 Å². The molecular weight excluding hydrogens is 370 g/mol. The molecular formula is C20H25N7O2. The van der Waals surface area contributed by atoms with Gasteiger partial charge in [-0.15, -0.1) is 10.2 Å². The van der Waals surface area contributed by atoms with Crippen molar-refractivity contribution < 1.29 is 9.21 Å². The minimum absolute atomic E-state index is 0.111. The number of aromatic nitrogens is 5. The largest absolute Gasteiger partial charge is 0.419 e. The van der Waals surface area contributed by atoms with Crippen LogP contribution in [-0.2, 0) is 17.8 Å². The van der Waals surface area contributed by atoms with Gasteiger partial charge >= 0.3 is 0 Å². The van der Waals surface area contributed by atoms with E-state index in [1.54, 1.807) is 6.20 Å². The molecule has 3 aromatic heterocycles. The molecule has 29 heavy (non-hydrogen) atoms. The van der Waals surface area contributed by atoms with Gasteiger partial charge in [-0.2, -0.15) is 5.10 Å². The van der Waals surface area contributed by atoms with Gasteiger partial charge in [0.05, 0.1) is 5.69 Å². The third kappa shape index (κ3) is 4.28. The summed E-state index contributed by atoms with van der Waals surface area (Å²) in [6.07, 6.45) is 2.59. The maximum Gasteiger partial charge on any atom is 0.265 e. The Morgan fingerprint density at radius 1 is 1.17 bits per heavy atom. The van der Waals surface area contributed by atoms with E-state index in [0.29, 0.717) is 37.7 Å². The monoisotopic (exact) mass is 395 g/mol. The van der Waals surface area contributed by atoms with Gasteiger partial charge in [0.15, 0.2) is 0 Å². The third-order valence-electron chi connectivity index (χ3n) is 5.05. The Morgan fingerprint density at radius 3 is 2.72 bits per heavy atom. The fraction of sp³-hybridized carbons (Fsp3) is 0.450. The van der Waals surface area contributed by atoms with Crippen LogP contribution in [0.2, 0.25) is 0 Å². The van der Waals surface area contributed by atoms with Crippen LogP contribution in [0.15, 0.2) is 34.9 Å². The molecule has 9 nitrogen and oxygen atoms in total. The summed E-state index contributed by atoms with van der Waals surface area (Å²) in [6.45, 7) is 7.63. The van der Waals surface area contributed by atoms with Crippen LogP contribution in [0.4, 0.5) is 5.82 Å². The zero-order valence-electron chi connectivity index (χ0n) is 16.8. The Kier molecular flexibility index (Phi) is 5.55. The lowest BCUT2D eigenvalue weighted by atomic mass is 10.2. The van der Waals surface area contributed by atoms with Crippen LogP contribution >= 0.6 is 0 Å². The summed E-state index contributed by atoms with van der Waals surface area (Å²) in [5, 5.41) is 12.6. The van der Waals surface area contributed by atoms with E-state index in [4.69, 9.17) is 4.42 Å². The number of nitrogens with zero attached hydrogens (tertiary/aromatic N) is 7. The highest BCUT2D eigenvalue weighted by Crippen LogP contribution is 2.20. The molecule has 0 aliphatic carbocycles. The number of anilines is 1. The van der Waals surface area contributed by atoms with Crippen LogP contribution in [-0.4, -0.2) is 61.9 Å². The first-order valence-corrected chi connectivity index (χ1v) is 9.95. The Bertz CT molecular complexity index is 958. The number of hydrogen-bond acceptors (Lipinski definition) is 7. The SMILES string of the molecule is CCn1nc(C)cc1-c1nnc(CCC(=O)N2CCN(c3ccccn3)CC2)o1. The molecule has 1 fully saturated rings. The second kappa shape index (κ2) is 8.42. The summed E-state index contributed by atoms with van der Waals surface area (Å²) in [5.74, 6) is 1.99. The van der Waals surface area contributed by atoms with Crippen LogP contribution in [0.5, 0.6) is 0 Å². The number of rotatable bonds is 6. The van der Waals surface area contributed by atoms with Gasteiger partial charge in [0.25, 0.3) is 5.89 Å². The molecule has 0 radical (unpaired) electrons. The highest BCUT2D eigenvalue weighted by atomic mass is 16.4. The van der Waals surface area contributed by atoms with Crippen LogP contribution in [0.3, 0.4) is 0 Å². The molecule has 4 heterocycles. The predicted octanol–water partition coefficient (Wildman–Crippen LogP) is 1.94. The average Bonchev–Trinajstić information content (AvgIpc) is 3.38. The molecule has 4 rings (SSSR count). The maximum atomic E-state index is 12.6. The molecule has 1 amide bonds. The van der Waals surface area contributed by atoms with Gasteiger partial charge in [0.2, 0.25) is 11.8 Å². The molecule has 0 unspecified atom stereocenters. The van der Waals surface area contributed by atoms with E-state index in [2.05, 4.69) is 25.2 Å². The van der Waals surface area contributed by atoms with Crippen molar-refractivity contribution in [2.75, 3.05) is 31.1 Å². The Hall–Kier alpha value is -3.23. The topological polar surface area (TPSA) is 93.2 Å². The molecule has 0 bridgehead atoms. The van der Waals surface area contributed by atoms with E-state index in [9.17, 15) is 4.79 Å². The highest BCUT2D eigenvalue weighted by molar-refractivity contribution is 5.76. The van der Waals surface area contributed by atoms with Crippen molar-refractivity contribution in [2.45, 2.75) is 33.2 Å². The first kappa shape index (κ1) is 19.1. The molecule has 3 aromatic rings. The summed E-state index contributed by atoms with van der Waals surface area (Å²) in [4.78, 5) is 21.1. The molecule has 152 valence electrons. The Balaban J connectivity index is 1.30. The van der Waals surface area contributed by atoms with Crippen LogP contribution in [0.25, 0.3) is 11.6 Å². The Morgan fingerprint density at radius 2 is 2.00 bits per heavy atom. The van der Waals surface area contributed by atoms with E-state index < -0.39 is 0 Å². The minimum atomic E-state index is 0.111. The number of aryl methyl sites for hydroxylation is 3. The molecule has 1 saturated heterocycles. The van der Waals surface area contributed by atoms with Crippen molar-refractivity contribution in [3.63, 3.8) is 0 Å². The highest BCUT2D eigenvalue weighted by Gasteiger charge is 2.22. The van der Waals surface area contributed by atoms with Crippen LogP contribution < -0.4 is 4.90 Å². The lowest BCUT2D eigenvalue weighted by molar-refractivity contribution is -0.131. The van der Waals surface area contributed by atoms with Crippen molar-refractivity contribution >= 4 is 11.7 Å². The average molecular weight is 395 g/mol. The van der Waals surface area contributed by atoms with Crippen molar-refractivity contribution in [3.8, 4) is 11.6 Å². The summed E-state index contributed by atoms with van der Waals surface area (Å²) in [7, 11) is 0. The molecule has 9 heteroatoms. The third-order valence-corrected chi connectivity index (χ3v) is 5.05. The van der Waals surface area contributed by atoms with E-state index in [0.717, 1.165) is 36.8 Å². The zero-order valence-corrected chi connectivity index (χ0v) is 16.8. The number of carbonyl (C=O) groups excluding carboxylic acids is 1. The van der Waals surface area contributed by atoms with E-state index in [1.807, 2.05) is 47.7 Å². The van der Waals surface area contributed by atoms with Crippen molar-refractivity contribution in [1.29, 1.82) is 0 Å². The van der Waals surface area contributed by atoms with Gasteiger partial charge < -0.3 is 14.2 Å². The van der Waals surface area contributed by atoms with Crippen molar-refractivity contribution in [1.82, 2.24) is 29.9 Å². The van der Waals surface area contributed by atoms with Gasteiger partial charge in [0, 0.05) is 51.8 Å². The molecule has 0 spiro atoms. The lowest BCUT2D eigenvalue weighted by Gasteiger charge is -2.35. The number of hydrogen-bond donors (Lipinski definition) is 0. The molecule has 1 aliphatic rings. The summed E-state index contributed by atoms with van der Waals surface area (Å²) >= 11 is 0. The normalized spacial score (nSPS) is 14.4. The summed E-state index contributed by atoms with van der Waals surface area (Å²) in [6, 6.07) is 7.81. The molecule has 0 saturated carbocycles. The summed E-state index contributed by atoms with van der Waals surface area (Å²) < 4.78 is 7.60. The van der Waals surface area contributed by atoms with Crippen LogP contribution in [0.1, 0.15) is 24.9 Å². The van der Waals surface area contributed by atoms with Crippen LogP contribution in [0, 0.1) is 6.92 Å². The fourth-order valence-electron chi connectivity index (χ4n) is 3.51. The fourth-order valence-corrected chi connectivity index (χ4v) is 3.51. The molecule has 0 atom stereocenters. The van der Waals surface area contributed by atoms with Gasteiger partial charge in [-0.05, 0) is 32.0 Å². The van der Waals surface area contributed by atoms with Crippen molar-refractivity contribution in [3.05, 3.63) is 42.0 Å². The second-order valence-electron chi connectivity index (χ2n) is 7.04. The summed E-state index contributed by atoms with van der Waals surface area (Å²) in [5.41, 5.74) is 1.71. The van der Waals surface area contributed by atoms with E-state index >= 15 is 0 Å². The quantitative estimate of drug-likeness (QED) is 0.630. The number of piperazine rings is 1. The lowest BCUT2D eigenvalue weighted by Crippen LogP contribution is -2.49. The molecule has 0 aromatic carbocycles. The molecule has 1 aliphatic heterocycles. The van der Waals surface area contributed by atoms with E-state index in [-0.39, 0.29) is 5.91 Å². The van der Waals surface area contributed by atoms with Gasteiger partial charge in [-0.3, -0.25) is 9.48 Å². The standard InChI is InChI=1S/C20H25N7O2/c1-3-27-16(14-15(2)24-27)20-23-22-18(29-20)7-8-19(28)26-12-10-25(11-13-26)17-6-4-5-9-21-17/h4-6,9,14H,3,7-8,10-13H2,1-2H3. The predicted molar refractivity (Wildman–Crippen MR) is 107 cm³/mol. The smallest absolute Gasteiger partial charge is 0.265 e. The van der Waals surface area contributed by atoms with Gasteiger partial charge in [0.1, 0.15) is 11.5 Å². The number of pyridine rings is 1. The first-order valence-electron chi connectivity index (χ1n) is 9.95.